The largest absolute Gasteiger partial charge is 0.416 e. The van der Waals surface area contributed by atoms with Gasteiger partial charge in [0, 0.05) is 25.7 Å². The topological polar surface area (TPSA) is 72.4 Å². The molecule has 21 heavy (non-hydrogen) atoms. The molecule has 1 fully saturated rings. The normalized spacial score (nSPS) is 16.6. The van der Waals surface area contributed by atoms with Gasteiger partial charge >= 0.3 is 6.18 Å². The molecule has 2 rings (SSSR count). The van der Waals surface area contributed by atoms with Crippen molar-refractivity contribution in [2.45, 2.75) is 25.1 Å². The number of alkyl halides is 3. The molecule has 0 radical (unpaired) electrons. The lowest BCUT2D eigenvalue weighted by atomic mass is 10.1. The number of rotatable bonds is 5. The lowest BCUT2D eigenvalue weighted by molar-refractivity contribution is -0.384. The summed E-state index contributed by atoms with van der Waals surface area (Å²) in [5.74, 6) is 0.349. The fourth-order valence-corrected chi connectivity index (χ4v) is 2.47. The van der Waals surface area contributed by atoms with Crippen LogP contribution in [0.15, 0.2) is 18.2 Å². The molecule has 1 atom stereocenters. The van der Waals surface area contributed by atoms with Gasteiger partial charge in [0.25, 0.3) is 5.69 Å². The first-order chi connectivity index (χ1) is 9.75. The number of anilines is 1. The van der Waals surface area contributed by atoms with Crippen LogP contribution < -0.4 is 10.6 Å². The summed E-state index contributed by atoms with van der Waals surface area (Å²) in [7, 11) is 1.63. The molecule has 0 bridgehead atoms. The molecule has 116 valence electrons. The van der Waals surface area contributed by atoms with Gasteiger partial charge in [-0.2, -0.15) is 13.2 Å². The Hall–Kier alpha value is -1.83. The van der Waals surface area contributed by atoms with E-state index in [1.165, 1.54) is 0 Å². The molecule has 0 heterocycles. The molecule has 1 aliphatic rings. The van der Waals surface area contributed by atoms with Gasteiger partial charge in [-0.3, -0.25) is 10.1 Å². The molecule has 1 saturated carbocycles. The molecule has 0 saturated heterocycles. The van der Waals surface area contributed by atoms with Crippen molar-refractivity contribution in [1.29, 1.82) is 0 Å². The highest BCUT2D eigenvalue weighted by molar-refractivity contribution is 5.65. The van der Waals surface area contributed by atoms with Crippen LogP contribution in [0.3, 0.4) is 0 Å². The standard InChI is InChI=1S/C13H16F3N3O2/c1-18(12(7-17)8-2-3-8)10-5-4-9(13(14,15)16)6-11(10)19(20)21/h4-6,8,12H,2-3,7,17H2,1H3. The third kappa shape index (κ3) is 3.26. The zero-order chi connectivity index (χ0) is 15.8. The summed E-state index contributed by atoms with van der Waals surface area (Å²) in [6.07, 6.45) is -2.63. The van der Waals surface area contributed by atoms with E-state index < -0.39 is 22.4 Å². The summed E-state index contributed by atoms with van der Waals surface area (Å²) >= 11 is 0. The van der Waals surface area contributed by atoms with Gasteiger partial charge in [0.2, 0.25) is 0 Å². The van der Waals surface area contributed by atoms with Crippen LogP contribution >= 0.6 is 0 Å². The van der Waals surface area contributed by atoms with Gasteiger partial charge in [-0.25, -0.2) is 0 Å². The van der Waals surface area contributed by atoms with E-state index in [1.54, 1.807) is 11.9 Å². The maximum absolute atomic E-state index is 12.7. The van der Waals surface area contributed by atoms with Crippen molar-refractivity contribution in [3.63, 3.8) is 0 Å². The second-order valence-corrected chi connectivity index (χ2v) is 5.21. The minimum atomic E-state index is -4.61. The SMILES string of the molecule is CN(c1ccc(C(F)(F)F)cc1[N+](=O)[O-])C(CN)C1CC1. The Morgan fingerprint density at radius 2 is 2.10 bits per heavy atom. The zero-order valence-corrected chi connectivity index (χ0v) is 11.4. The van der Waals surface area contributed by atoms with Gasteiger partial charge in [0.05, 0.1) is 10.5 Å². The van der Waals surface area contributed by atoms with E-state index in [0.717, 1.165) is 25.0 Å². The van der Waals surface area contributed by atoms with Crippen molar-refractivity contribution < 1.29 is 18.1 Å². The number of hydrogen-bond donors (Lipinski definition) is 1. The van der Waals surface area contributed by atoms with E-state index in [9.17, 15) is 23.3 Å². The molecule has 1 aromatic carbocycles. The van der Waals surface area contributed by atoms with Crippen molar-refractivity contribution in [1.82, 2.24) is 0 Å². The quantitative estimate of drug-likeness (QED) is 0.670. The predicted molar refractivity (Wildman–Crippen MR) is 72.1 cm³/mol. The van der Waals surface area contributed by atoms with E-state index >= 15 is 0 Å². The van der Waals surface area contributed by atoms with Crippen LogP contribution in [0.4, 0.5) is 24.5 Å². The fourth-order valence-electron chi connectivity index (χ4n) is 2.47. The van der Waals surface area contributed by atoms with E-state index in [-0.39, 0.29) is 11.7 Å². The van der Waals surface area contributed by atoms with Crippen LogP contribution in [0.2, 0.25) is 0 Å². The number of nitro benzene ring substituents is 1. The van der Waals surface area contributed by atoms with Gasteiger partial charge in [0.15, 0.2) is 0 Å². The van der Waals surface area contributed by atoms with E-state index in [1.807, 2.05) is 0 Å². The number of hydrogen-bond acceptors (Lipinski definition) is 4. The lowest BCUT2D eigenvalue weighted by Crippen LogP contribution is -2.40. The van der Waals surface area contributed by atoms with E-state index in [4.69, 9.17) is 5.73 Å². The highest BCUT2D eigenvalue weighted by Gasteiger charge is 2.37. The first kappa shape index (κ1) is 15.6. The Balaban J connectivity index is 2.40. The minimum absolute atomic E-state index is 0.0968. The Kier molecular flexibility index (Phi) is 4.08. The molecular weight excluding hydrogens is 287 g/mol. The number of halogens is 3. The van der Waals surface area contributed by atoms with Crippen molar-refractivity contribution in [2.24, 2.45) is 11.7 Å². The molecule has 0 aliphatic heterocycles. The summed E-state index contributed by atoms with van der Waals surface area (Å²) < 4.78 is 38.0. The third-order valence-corrected chi connectivity index (χ3v) is 3.78. The number of nitro groups is 1. The summed E-state index contributed by atoms with van der Waals surface area (Å²) in [5, 5.41) is 11.1. The van der Waals surface area contributed by atoms with Crippen LogP contribution in [-0.4, -0.2) is 24.6 Å². The Morgan fingerprint density at radius 3 is 2.52 bits per heavy atom. The monoisotopic (exact) mass is 303 g/mol. The van der Waals surface area contributed by atoms with Gasteiger partial charge in [-0.1, -0.05) is 0 Å². The molecule has 1 aliphatic carbocycles. The fraction of sp³-hybridized carbons (Fsp3) is 0.538. The Morgan fingerprint density at radius 1 is 1.48 bits per heavy atom. The molecule has 0 amide bonds. The predicted octanol–water partition coefficient (Wildman–Crippen LogP) is 2.79. The molecule has 1 aromatic rings. The molecule has 8 heteroatoms. The number of nitrogens with two attached hydrogens (primary N) is 1. The van der Waals surface area contributed by atoms with Crippen LogP contribution in [-0.2, 0) is 6.18 Å². The smallest absolute Gasteiger partial charge is 0.365 e. The average Bonchev–Trinajstić information content (AvgIpc) is 3.22. The highest BCUT2D eigenvalue weighted by Crippen LogP contribution is 2.40. The minimum Gasteiger partial charge on any atom is -0.365 e. The van der Waals surface area contributed by atoms with Crippen molar-refractivity contribution >= 4 is 11.4 Å². The first-order valence-corrected chi connectivity index (χ1v) is 6.54. The average molecular weight is 303 g/mol. The Bertz CT molecular complexity index is 544. The van der Waals surface area contributed by atoms with Crippen molar-refractivity contribution in [3.8, 4) is 0 Å². The van der Waals surface area contributed by atoms with Gasteiger partial charge in [-0.15, -0.1) is 0 Å². The van der Waals surface area contributed by atoms with Crippen LogP contribution in [0, 0.1) is 16.0 Å². The number of benzene rings is 1. The van der Waals surface area contributed by atoms with Crippen molar-refractivity contribution in [3.05, 3.63) is 33.9 Å². The molecule has 0 spiro atoms. The number of nitrogens with zero attached hydrogens (tertiary/aromatic N) is 2. The molecule has 1 unspecified atom stereocenters. The van der Waals surface area contributed by atoms with E-state index in [0.29, 0.717) is 18.5 Å². The molecule has 5 nitrogen and oxygen atoms in total. The molecule has 0 aromatic heterocycles. The second-order valence-electron chi connectivity index (χ2n) is 5.21. The maximum Gasteiger partial charge on any atom is 0.416 e. The maximum atomic E-state index is 12.7. The van der Waals surface area contributed by atoms with Crippen LogP contribution in [0.25, 0.3) is 0 Å². The highest BCUT2D eigenvalue weighted by atomic mass is 19.4. The number of likely N-dealkylation sites (N-methyl/N-ethyl adjacent to an activating group) is 1. The molecular formula is C13H16F3N3O2. The van der Waals surface area contributed by atoms with Gasteiger partial charge in [0.1, 0.15) is 5.69 Å². The summed E-state index contributed by atoms with van der Waals surface area (Å²) in [6.45, 7) is 0.305. The van der Waals surface area contributed by atoms with Crippen LogP contribution in [0.1, 0.15) is 18.4 Å². The Labute approximate surface area is 119 Å². The zero-order valence-electron chi connectivity index (χ0n) is 11.4. The van der Waals surface area contributed by atoms with Crippen LogP contribution in [0.5, 0.6) is 0 Å². The lowest BCUT2D eigenvalue weighted by Gasteiger charge is -2.29. The first-order valence-electron chi connectivity index (χ1n) is 6.54. The summed E-state index contributed by atoms with van der Waals surface area (Å²) in [5.41, 5.74) is 4.27. The summed E-state index contributed by atoms with van der Waals surface area (Å²) in [4.78, 5) is 11.9. The molecule has 2 N–H and O–H groups in total. The summed E-state index contributed by atoms with van der Waals surface area (Å²) in [6, 6.07) is 2.48. The van der Waals surface area contributed by atoms with E-state index in [2.05, 4.69) is 0 Å². The van der Waals surface area contributed by atoms with Crippen molar-refractivity contribution in [2.75, 3.05) is 18.5 Å². The van der Waals surface area contributed by atoms with Gasteiger partial charge < -0.3 is 10.6 Å². The van der Waals surface area contributed by atoms with Gasteiger partial charge in [-0.05, 0) is 30.9 Å². The third-order valence-electron chi connectivity index (χ3n) is 3.78. The second kappa shape index (κ2) is 5.51.